The Morgan fingerprint density at radius 1 is 1.47 bits per heavy atom. The highest BCUT2D eigenvalue weighted by Crippen LogP contribution is 2.15. The van der Waals surface area contributed by atoms with Gasteiger partial charge in [-0.05, 0) is 13.8 Å². The number of thiazole rings is 1. The summed E-state index contributed by atoms with van der Waals surface area (Å²) >= 11 is 5.00. The first kappa shape index (κ1) is 14.2. The molecule has 0 aromatic carbocycles. The van der Waals surface area contributed by atoms with Crippen LogP contribution in [0.15, 0.2) is 16.1 Å². The number of rotatable bonds is 4. The van der Waals surface area contributed by atoms with Gasteiger partial charge in [-0.25, -0.2) is 4.98 Å². The zero-order valence-electron chi connectivity index (χ0n) is 10.3. The zero-order chi connectivity index (χ0) is 12.8. The van der Waals surface area contributed by atoms with Gasteiger partial charge in [-0.2, -0.15) is 0 Å². The summed E-state index contributed by atoms with van der Waals surface area (Å²) in [5.74, 6) is 0.746. The molecule has 1 aromatic rings. The Morgan fingerprint density at radius 2 is 2.18 bits per heavy atom. The summed E-state index contributed by atoms with van der Waals surface area (Å²) in [6, 6.07) is 0. The summed E-state index contributed by atoms with van der Waals surface area (Å²) in [4.78, 5) is 9.83. The molecule has 0 aliphatic carbocycles. The maximum Gasteiger partial charge on any atom is 0.191 e. The number of aryl methyl sites for hydroxylation is 2. The first-order valence-electron chi connectivity index (χ1n) is 5.23. The lowest BCUT2D eigenvalue weighted by Crippen LogP contribution is -2.37. The van der Waals surface area contributed by atoms with Crippen molar-refractivity contribution in [2.24, 2.45) is 4.99 Å². The lowest BCUT2D eigenvalue weighted by atomic mass is 10.4. The van der Waals surface area contributed by atoms with E-state index in [2.05, 4.69) is 50.0 Å². The Balaban J connectivity index is 2.45. The first-order chi connectivity index (χ1) is 8.02. The van der Waals surface area contributed by atoms with Gasteiger partial charge >= 0.3 is 0 Å². The SMILES string of the molecule is C=C(Br)CNC(=NC)NCc1nc(C)c(C)s1. The molecular weight excluding hydrogens is 300 g/mol. The van der Waals surface area contributed by atoms with E-state index in [1.807, 2.05) is 6.92 Å². The smallest absolute Gasteiger partial charge is 0.191 e. The van der Waals surface area contributed by atoms with Gasteiger partial charge in [-0.3, -0.25) is 4.99 Å². The van der Waals surface area contributed by atoms with Crippen molar-refractivity contribution in [3.8, 4) is 0 Å². The predicted octanol–water partition coefficient (Wildman–Crippen LogP) is 2.33. The van der Waals surface area contributed by atoms with Crippen LogP contribution in [0.3, 0.4) is 0 Å². The molecule has 0 unspecified atom stereocenters. The molecule has 4 nitrogen and oxygen atoms in total. The van der Waals surface area contributed by atoms with Crippen LogP contribution < -0.4 is 10.6 Å². The Labute approximate surface area is 114 Å². The van der Waals surface area contributed by atoms with Gasteiger partial charge in [0.05, 0.1) is 12.2 Å². The number of nitrogens with zero attached hydrogens (tertiary/aromatic N) is 2. The maximum absolute atomic E-state index is 4.46. The van der Waals surface area contributed by atoms with Crippen molar-refractivity contribution in [3.05, 3.63) is 26.6 Å². The molecule has 0 spiro atoms. The minimum atomic E-state index is 0.648. The minimum absolute atomic E-state index is 0.648. The van der Waals surface area contributed by atoms with Gasteiger partial charge < -0.3 is 10.6 Å². The van der Waals surface area contributed by atoms with Crippen LogP contribution in [0.5, 0.6) is 0 Å². The molecule has 0 fully saturated rings. The van der Waals surface area contributed by atoms with E-state index in [0.29, 0.717) is 13.1 Å². The average Bonchev–Trinajstić information content (AvgIpc) is 2.58. The number of hydrogen-bond donors (Lipinski definition) is 2. The summed E-state index contributed by atoms with van der Waals surface area (Å²) < 4.78 is 0.890. The van der Waals surface area contributed by atoms with Gasteiger partial charge in [-0.1, -0.05) is 22.5 Å². The highest BCUT2D eigenvalue weighted by molar-refractivity contribution is 9.11. The van der Waals surface area contributed by atoms with Crippen LogP contribution in [0.4, 0.5) is 0 Å². The first-order valence-corrected chi connectivity index (χ1v) is 6.84. The molecule has 94 valence electrons. The molecule has 17 heavy (non-hydrogen) atoms. The van der Waals surface area contributed by atoms with Gasteiger partial charge in [0.2, 0.25) is 0 Å². The summed E-state index contributed by atoms with van der Waals surface area (Å²) in [7, 11) is 1.74. The zero-order valence-corrected chi connectivity index (χ0v) is 12.7. The second kappa shape index (κ2) is 6.76. The third-order valence-corrected chi connectivity index (χ3v) is 3.50. The van der Waals surface area contributed by atoms with Crippen molar-refractivity contribution < 1.29 is 0 Å². The Kier molecular flexibility index (Phi) is 5.64. The largest absolute Gasteiger partial charge is 0.352 e. The van der Waals surface area contributed by atoms with E-state index in [-0.39, 0.29) is 0 Å². The van der Waals surface area contributed by atoms with Crippen molar-refractivity contribution in [3.63, 3.8) is 0 Å². The minimum Gasteiger partial charge on any atom is -0.352 e. The van der Waals surface area contributed by atoms with Gasteiger partial charge in [-0.15, -0.1) is 11.3 Å². The van der Waals surface area contributed by atoms with Gasteiger partial charge in [0.1, 0.15) is 5.01 Å². The highest BCUT2D eigenvalue weighted by Gasteiger charge is 2.04. The van der Waals surface area contributed by atoms with E-state index < -0.39 is 0 Å². The lowest BCUT2D eigenvalue weighted by Gasteiger charge is -2.09. The van der Waals surface area contributed by atoms with Crippen LogP contribution in [0.25, 0.3) is 0 Å². The summed E-state index contributed by atoms with van der Waals surface area (Å²) in [5.41, 5.74) is 1.10. The number of nitrogens with one attached hydrogen (secondary N) is 2. The molecule has 0 aliphatic rings. The van der Waals surface area contributed by atoms with E-state index in [0.717, 1.165) is 21.1 Å². The predicted molar refractivity (Wildman–Crippen MR) is 77.9 cm³/mol. The van der Waals surface area contributed by atoms with Crippen LogP contribution in [-0.2, 0) is 6.54 Å². The van der Waals surface area contributed by atoms with E-state index in [1.165, 1.54) is 4.88 Å². The normalized spacial score (nSPS) is 11.4. The molecule has 0 aliphatic heterocycles. The molecular formula is C11H17BrN4S. The third-order valence-electron chi connectivity index (χ3n) is 2.15. The fourth-order valence-corrected chi connectivity index (χ4v) is 2.19. The van der Waals surface area contributed by atoms with Gasteiger partial charge in [0.15, 0.2) is 5.96 Å². The van der Waals surface area contributed by atoms with Crippen molar-refractivity contribution >= 4 is 33.2 Å². The highest BCUT2D eigenvalue weighted by atomic mass is 79.9. The lowest BCUT2D eigenvalue weighted by molar-refractivity contribution is 0.836. The van der Waals surface area contributed by atoms with Crippen LogP contribution in [-0.4, -0.2) is 24.5 Å². The van der Waals surface area contributed by atoms with E-state index in [9.17, 15) is 0 Å². The van der Waals surface area contributed by atoms with Crippen molar-refractivity contribution in [1.29, 1.82) is 0 Å². The molecule has 1 aromatic heterocycles. The molecule has 0 atom stereocenters. The van der Waals surface area contributed by atoms with Crippen LogP contribution in [0.2, 0.25) is 0 Å². The Bertz CT molecular complexity index is 406. The van der Waals surface area contributed by atoms with Crippen molar-refractivity contribution in [2.75, 3.05) is 13.6 Å². The monoisotopic (exact) mass is 316 g/mol. The van der Waals surface area contributed by atoms with Gasteiger partial charge in [0.25, 0.3) is 0 Å². The van der Waals surface area contributed by atoms with Crippen LogP contribution >= 0.6 is 27.3 Å². The molecule has 1 heterocycles. The fourth-order valence-electron chi connectivity index (χ4n) is 1.17. The molecule has 0 bridgehead atoms. The molecule has 0 radical (unpaired) electrons. The van der Waals surface area contributed by atoms with Crippen molar-refractivity contribution in [1.82, 2.24) is 15.6 Å². The van der Waals surface area contributed by atoms with E-state index in [1.54, 1.807) is 18.4 Å². The quantitative estimate of drug-likeness (QED) is 0.662. The summed E-state index contributed by atoms with van der Waals surface area (Å²) in [5, 5.41) is 7.41. The van der Waals surface area contributed by atoms with Crippen molar-refractivity contribution in [2.45, 2.75) is 20.4 Å². The van der Waals surface area contributed by atoms with Gasteiger partial charge in [0, 0.05) is 23.0 Å². The maximum atomic E-state index is 4.46. The number of halogens is 1. The van der Waals surface area contributed by atoms with E-state index in [4.69, 9.17) is 0 Å². The Morgan fingerprint density at radius 3 is 2.65 bits per heavy atom. The fraction of sp³-hybridized carbons (Fsp3) is 0.455. The summed E-state index contributed by atoms with van der Waals surface area (Å²) in [6.45, 7) is 9.20. The number of aromatic nitrogens is 1. The molecule has 0 saturated heterocycles. The molecule has 0 saturated carbocycles. The molecule has 1 rings (SSSR count). The molecule has 2 N–H and O–H groups in total. The second-order valence-electron chi connectivity index (χ2n) is 3.55. The van der Waals surface area contributed by atoms with Crippen LogP contribution in [0.1, 0.15) is 15.6 Å². The second-order valence-corrected chi connectivity index (χ2v) is 5.95. The average molecular weight is 317 g/mol. The summed E-state index contributed by atoms with van der Waals surface area (Å²) in [6.07, 6.45) is 0. The topological polar surface area (TPSA) is 49.3 Å². The molecule has 0 amide bonds. The third kappa shape index (κ3) is 4.87. The number of guanidine groups is 1. The Hall–Kier alpha value is -0.880. The van der Waals surface area contributed by atoms with E-state index >= 15 is 0 Å². The molecule has 6 heteroatoms. The standard InChI is InChI=1S/C11H17BrN4S/c1-7(12)5-14-11(13-4)15-6-10-16-8(2)9(3)17-10/h1,5-6H2,2-4H3,(H2,13,14,15). The van der Waals surface area contributed by atoms with Crippen LogP contribution in [0, 0.1) is 13.8 Å². The number of aliphatic imine (C=N–C) groups is 1. The number of hydrogen-bond acceptors (Lipinski definition) is 3.